The Kier molecular flexibility index (Phi) is 3.58. The Morgan fingerprint density at radius 3 is 2.57 bits per heavy atom. The van der Waals surface area contributed by atoms with Crippen LogP contribution in [0.1, 0.15) is 13.3 Å². The van der Waals surface area contributed by atoms with Gasteiger partial charge in [0.05, 0.1) is 5.69 Å². The van der Waals surface area contributed by atoms with E-state index >= 15 is 0 Å². The molecular weight excluding hydrogens is 288 g/mol. The van der Waals surface area contributed by atoms with Gasteiger partial charge >= 0.3 is 0 Å². The number of nitrogens with one attached hydrogen (secondary N) is 1. The normalized spacial score (nSPS) is 10.8. The lowest BCUT2D eigenvalue weighted by atomic mass is 10.2. The zero-order valence-electron chi connectivity index (χ0n) is 11.4. The van der Waals surface area contributed by atoms with E-state index in [-0.39, 0.29) is 5.91 Å². The molecule has 0 aliphatic heterocycles. The van der Waals surface area contributed by atoms with Crippen LogP contribution in [-0.2, 0) is 4.79 Å². The fourth-order valence-electron chi connectivity index (χ4n) is 1.93. The Hall–Kier alpha value is -2.40. The summed E-state index contributed by atoms with van der Waals surface area (Å²) >= 11 is 5.87. The maximum atomic E-state index is 11.4. The van der Waals surface area contributed by atoms with Crippen molar-refractivity contribution in [2.45, 2.75) is 13.3 Å². The Labute approximate surface area is 126 Å². The van der Waals surface area contributed by atoms with E-state index in [1.807, 2.05) is 37.3 Å². The van der Waals surface area contributed by atoms with E-state index < -0.39 is 0 Å². The number of benzene rings is 2. The third-order valence-electron chi connectivity index (χ3n) is 3.04. The molecule has 1 aromatic heterocycles. The van der Waals surface area contributed by atoms with Crippen LogP contribution in [0.25, 0.3) is 16.7 Å². The van der Waals surface area contributed by atoms with Crippen LogP contribution in [-0.4, -0.2) is 20.9 Å². The summed E-state index contributed by atoms with van der Waals surface area (Å²) in [7, 11) is 0. The number of aromatic nitrogens is 3. The van der Waals surface area contributed by atoms with Gasteiger partial charge in [0, 0.05) is 17.1 Å². The topological polar surface area (TPSA) is 59.8 Å². The average molecular weight is 301 g/mol. The summed E-state index contributed by atoms with van der Waals surface area (Å²) < 4.78 is 0. The molecule has 0 spiro atoms. The maximum Gasteiger partial charge on any atom is 0.224 e. The molecule has 0 saturated carbocycles. The van der Waals surface area contributed by atoms with Crippen molar-refractivity contribution in [1.29, 1.82) is 0 Å². The first-order chi connectivity index (χ1) is 10.2. The molecule has 0 saturated heterocycles. The molecule has 0 atom stereocenters. The van der Waals surface area contributed by atoms with Gasteiger partial charge < -0.3 is 5.32 Å². The van der Waals surface area contributed by atoms with Gasteiger partial charge in [-0.3, -0.25) is 4.79 Å². The zero-order chi connectivity index (χ0) is 14.8. The number of fused-ring (bicyclic) bond motifs is 1. The number of halogens is 1. The van der Waals surface area contributed by atoms with E-state index in [0.29, 0.717) is 11.4 Å². The van der Waals surface area contributed by atoms with Crippen LogP contribution >= 0.6 is 11.6 Å². The van der Waals surface area contributed by atoms with Gasteiger partial charge in [0.25, 0.3) is 0 Å². The van der Waals surface area contributed by atoms with Crippen LogP contribution in [0.3, 0.4) is 0 Å². The van der Waals surface area contributed by atoms with E-state index in [9.17, 15) is 4.79 Å². The predicted octanol–water partition coefficient (Wildman–Crippen LogP) is 3.42. The summed E-state index contributed by atoms with van der Waals surface area (Å²) in [5.41, 5.74) is 3.03. The van der Waals surface area contributed by atoms with Crippen molar-refractivity contribution in [2.75, 3.05) is 5.32 Å². The summed E-state index contributed by atoms with van der Waals surface area (Å²) in [4.78, 5) is 13.0. The molecule has 5 nitrogen and oxygen atoms in total. The van der Waals surface area contributed by atoms with Gasteiger partial charge in [0.15, 0.2) is 0 Å². The highest BCUT2D eigenvalue weighted by atomic mass is 35.5. The quantitative estimate of drug-likeness (QED) is 0.806. The zero-order valence-corrected chi connectivity index (χ0v) is 12.1. The fraction of sp³-hybridized carbons (Fsp3) is 0.133. The molecule has 6 heteroatoms. The van der Waals surface area contributed by atoms with E-state index in [1.165, 1.54) is 0 Å². The third kappa shape index (κ3) is 2.87. The van der Waals surface area contributed by atoms with Gasteiger partial charge in [-0.2, -0.15) is 4.80 Å². The Balaban J connectivity index is 1.96. The van der Waals surface area contributed by atoms with Crippen molar-refractivity contribution >= 4 is 34.2 Å². The van der Waals surface area contributed by atoms with Crippen LogP contribution in [0, 0.1) is 0 Å². The molecular formula is C15H13ClN4O. The minimum atomic E-state index is -0.0283. The predicted molar refractivity (Wildman–Crippen MR) is 82.8 cm³/mol. The van der Waals surface area contributed by atoms with E-state index in [1.54, 1.807) is 16.9 Å². The molecule has 0 unspecified atom stereocenters. The SMILES string of the molecule is CCC(=O)Nc1ccc2nn(-c3ccc(Cl)cc3)nc2c1. The van der Waals surface area contributed by atoms with Gasteiger partial charge in [0.1, 0.15) is 11.0 Å². The smallest absolute Gasteiger partial charge is 0.224 e. The molecule has 0 bridgehead atoms. The number of nitrogens with zero attached hydrogens (tertiary/aromatic N) is 3. The fourth-order valence-corrected chi connectivity index (χ4v) is 2.06. The first-order valence-electron chi connectivity index (χ1n) is 6.58. The molecule has 1 amide bonds. The molecule has 0 aliphatic carbocycles. The van der Waals surface area contributed by atoms with Gasteiger partial charge in [0.2, 0.25) is 5.91 Å². The Morgan fingerprint density at radius 1 is 1.14 bits per heavy atom. The van der Waals surface area contributed by atoms with Crippen LogP contribution < -0.4 is 5.32 Å². The number of rotatable bonds is 3. The lowest BCUT2D eigenvalue weighted by Crippen LogP contribution is -2.09. The molecule has 1 heterocycles. The second-order valence-electron chi connectivity index (χ2n) is 4.57. The largest absolute Gasteiger partial charge is 0.326 e. The Bertz CT molecular complexity index is 795. The highest BCUT2D eigenvalue weighted by Gasteiger charge is 2.07. The number of hydrogen-bond acceptors (Lipinski definition) is 3. The van der Waals surface area contributed by atoms with Crippen LogP contribution in [0.5, 0.6) is 0 Å². The lowest BCUT2D eigenvalue weighted by molar-refractivity contribution is -0.115. The number of hydrogen-bond donors (Lipinski definition) is 1. The summed E-state index contributed by atoms with van der Waals surface area (Å²) in [6, 6.07) is 12.7. The minimum absolute atomic E-state index is 0.0283. The van der Waals surface area contributed by atoms with Gasteiger partial charge in [-0.1, -0.05) is 18.5 Å². The minimum Gasteiger partial charge on any atom is -0.326 e. The maximum absolute atomic E-state index is 11.4. The second kappa shape index (κ2) is 5.54. The van der Waals surface area contributed by atoms with Gasteiger partial charge in [-0.05, 0) is 42.5 Å². The molecule has 21 heavy (non-hydrogen) atoms. The van der Waals surface area contributed by atoms with Crippen molar-refractivity contribution in [1.82, 2.24) is 15.0 Å². The van der Waals surface area contributed by atoms with Crippen LogP contribution in [0.2, 0.25) is 5.02 Å². The van der Waals surface area contributed by atoms with Crippen molar-refractivity contribution in [2.24, 2.45) is 0 Å². The third-order valence-corrected chi connectivity index (χ3v) is 3.29. The van der Waals surface area contributed by atoms with E-state index in [0.717, 1.165) is 22.4 Å². The lowest BCUT2D eigenvalue weighted by Gasteiger charge is -2.01. The molecule has 106 valence electrons. The Morgan fingerprint density at radius 2 is 1.86 bits per heavy atom. The number of carbonyl (C=O) groups excluding carboxylic acids is 1. The van der Waals surface area contributed by atoms with Crippen molar-refractivity contribution < 1.29 is 4.79 Å². The summed E-state index contributed by atoms with van der Waals surface area (Å²) in [6.07, 6.45) is 0.440. The number of amides is 1. The average Bonchev–Trinajstić information content (AvgIpc) is 2.91. The second-order valence-corrected chi connectivity index (χ2v) is 5.01. The molecule has 3 aromatic rings. The monoisotopic (exact) mass is 300 g/mol. The standard InChI is InChI=1S/C15H13ClN4O/c1-2-15(21)17-11-5-8-13-14(9-11)19-20(18-13)12-6-3-10(16)4-7-12/h3-9H,2H2,1H3,(H,17,21). The van der Waals surface area contributed by atoms with E-state index in [4.69, 9.17) is 11.6 Å². The van der Waals surface area contributed by atoms with E-state index in [2.05, 4.69) is 15.5 Å². The molecule has 1 N–H and O–H groups in total. The summed E-state index contributed by atoms with van der Waals surface area (Å²) in [5.74, 6) is -0.0283. The molecule has 3 rings (SSSR count). The first-order valence-corrected chi connectivity index (χ1v) is 6.96. The molecule has 2 aromatic carbocycles. The van der Waals surface area contributed by atoms with Crippen LogP contribution in [0.4, 0.5) is 5.69 Å². The van der Waals surface area contributed by atoms with Crippen molar-refractivity contribution in [3.8, 4) is 5.69 Å². The van der Waals surface area contributed by atoms with Crippen molar-refractivity contribution in [3.63, 3.8) is 0 Å². The number of anilines is 1. The first kappa shape index (κ1) is 13.6. The summed E-state index contributed by atoms with van der Waals surface area (Å²) in [5, 5.41) is 12.3. The summed E-state index contributed by atoms with van der Waals surface area (Å²) in [6.45, 7) is 1.81. The molecule has 0 fully saturated rings. The van der Waals surface area contributed by atoms with Crippen LogP contribution in [0.15, 0.2) is 42.5 Å². The number of carbonyl (C=O) groups is 1. The molecule has 0 radical (unpaired) electrons. The van der Waals surface area contributed by atoms with Crippen molar-refractivity contribution in [3.05, 3.63) is 47.5 Å². The van der Waals surface area contributed by atoms with Gasteiger partial charge in [-0.25, -0.2) is 0 Å². The van der Waals surface area contributed by atoms with Gasteiger partial charge in [-0.15, -0.1) is 10.2 Å². The highest BCUT2D eigenvalue weighted by molar-refractivity contribution is 6.30. The highest BCUT2D eigenvalue weighted by Crippen LogP contribution is 2.18. The molecule has 0 aliphatic rings.